The Bertz CT molecular complexity index is 1790. The smallest absolute Gasteiger partial charge is 0.268 e. The maximum absolute atomic E-state index is 15.0. The number of methoxy groups -OCH3 is 1. The molecule has 0 aliphatic heterocycles. The van der Waals surface area contributed by atoms with Crippen molar-refractivity contribution in [3.05, 3.63) is 100 Å². The van der Waals surface area contributed by atoms with Crippen molar-refractivity contribution in [3.8, 4) is 23.1 Å². The molecule has 5 aromatic rings. The minimum atomic E-state index is -0.672. The number of ether oxygens (including phenoxy) is 2. The Labute approximate surface area is 222 Å². The lowest BCUT2D eigenvalue weighted by Gasteiger charge is -2.16. The third-order valence-corrected chi connectivity index (χ3v) is 6.69. The van der Waals surface area contributed by atoms with Crippen molar-refractivity contribution in [2.75, 3.05) is 12.4 Å². The average molecular weight is 526 g/mol. The lowest BCUT2D eigenvalue weighted by Crippen LogP contribution is -2.30. The van der Waals surface area contributed by atoms with Crippen LogP contribution in [0.2, 0.25) is 0 Å². The number of halogens is 1. The van der Waals surface area contributed by atoms with Crippen molar-refractivity contribution >= 4 is 22.6 Å². The number of H-pyrrole nitrogens is 1. The maximum Gasteiger partial charge on any atom is 0.268 e. The molecule has 10 heteroatoms. The fourth-order valence-corrected chi connectivity index (χ4v) is 4.54. The highest BCUT2D eigenvalue weighted by atomic mass is 19.1. The number of aryl methyl sites for hydroxylation is 1. The fourth-order valence-electron chi connectivity index (χ4n) is 4.54. The Balaban J connectivity index is 1.28. The molecule has 0 unspecified atom stereocenters. The summed E-state index contributed by atoms with van der Waals surface area (Å²) >= 11 is 0. The minimum Gasteiger partial charge on any atom is -0.481 e. The summed E-state index contributed by atoms with van der Waals surface area (Å²) in [6, 6.07) is 12.6. The van der Waals surface area contributed by atoms with Gasteiger partial charge in [-0.05, 0) is 67.6 Å². The highest BCUT2D eigenvalue weighted by Crippen LogP contribution is 2.40. The van der Waals surface area contributed by atoms with E-state index in [4.69, 9.17) is 9.47 Å². The minimum absolute atomic E-state index is 0.0136. The van der Waals surface area contributed by atoms with E-state index < -0.39 is 17.3 Å². The molecule has 1 fully saturated rings. The van der Waals surface area contributed by atoms with Crippen molar-refractivity contribution in [2.24, 2.45) is 0 Å². The molecular formula is C29H24FN5O4. The maximum atomic E-state index is 15.0. The van der Waals surface area contributed by atoms with Crippen molar-refractivity contribution in [1.29, 1.82) is 0 Å². The van der Waals surface area contributed by atoms with Gasteiger partial charge in [-0.2, -0.15) is 0 Å². The van der Waals surface area contributed by atoms with Crippen LogP contribution in [-0.4, -0.2) is 32.5 Å². The van der Waals surface area contributed by atoms with E-state index in [-0.39, 0.29) is 22.9 Å². The SMILES string of the molecule is COc1cc(C)c(-n2c(C3CC3)ccc(C(=O)Nc3ccc(Oc4ccnc5[nH]ccc45)c(F)c3)c2=O)cn1. The summed E-state index contributed by atoms with van der Waals surface area (Å²) in [7, 11) is 1.52. The first-order valence-electron chi connectivity index (χ1n) is 12.4. The second-order valence-electron chi connectivity index (χ2n) is 9.35. The van der Waals surface area contributed by atoms with Crippen LogP contribution in [0, 0.1) is 12.7 Å². The van der Waals surface area contributed by atoms with Crippen molar-refractivity contribution in [3.63, 3.8) is 0 Å². The first kappa shape index (κ1) is 24.4. The molecule has 0 atom stereocenters. The van der Waals surface area contributed by atoms with Crippen molar-refractivity contribution in [2.45, 2.75) is 25.7 Å². The number of hydrogen-bond donors (Lipinski definition) is 2. The fraction of sp³-hybridized carbons (Fsp3) is 0.172. The third kappa shape index (κ3) is 4.61. The van der Waals surface area contributed by atoms with Gasteiger partial charge in [0.25, 0.3) is 11.5 Å². The second-order valence-corrected chi connectivity index (χ2v) is 9.35. The van der Waals surface area contributed by atoms with E-state index in [1.807, 2.05) is 6.92 Å². The highest BCUT2D eigenvalue weighted by Gasteiger charge is 2.29. The molecule has 9 nitrogen and oxygen atoms in total. The van der Waals surface area contributed by atoms with E-state index >= 15 is 0 Å². The van der Waals surface area contributed by atoms with Gasteiger partial charge in [-0.15, -0.1) is 0 Å². The molecule has 1 aliphatic rings. The van der Waals surface area contributed by atoms with Crippen LogP contribution in [0.25, 0.3) is 16.7 Å². The molecule has 0 spiro atoms. The largest absolute Gasteiger partial charge is 0.481 e. The molecule has 6 rings (SSSR count). The summed E-state index contributed by atoms with van der Waals surface area (Å²) in [5, 5.41) is 3.34. The zero-order valence-corrected chi connectivity index (χ0v) is 21.2. The van der Waals surface area contributed by atoms with Gasteiger partial charge in [0.05, 0.1) is 24.4 Å². The van der Waals surface area contributed by atoms with Crippen LogP contribution in [0.5, 0.6) is 17.4 Å². The van der Waals surface area contributed by atoms with Crippen molar-refractivity contribution in [1.82, 2.24) is 19.5 Å². The number of aromatic nitrogens is 4. The summed E-state index contributed by atoms with van der Waals surface area (Å²) in [5.74, 6) is -0.217. The standard InChI is InChI=1S/C29H24FN5O4/c1-16-13-26(38-2)33-15-23(16)35-22(17-3-4-17)7-6-20(29(35)37)28(36)34-18-5-8-25(21(30)14-18)39-24-10-12-32-27-19(24)9-11-31-27/h5-15,17H,3-4H2,1-2H3,(H,31,32)(H,34,36). The Morgan fingerprint density at radius 2 is 1.95 bits per heavy atom. The number of benzene rings is 1. The summed E-state index contributed by atoms with van der Waals surface area (Å²) in [6.07, 6.45) is 6.79. The van der Waals surface area contributed by atoms with Crippen LogP contribution in [0.3, 0.4) is 0 Å². The first-order chi connectivity index (χ1) is 18.9. The van der Waals surface area contributed by atoms with Gasteiger partial charge in [0, 0.05) is 35.9 Å². The number of nitrogens with zero attached hydrogens (tertiary/aromatic N) is 3. The number of aromatic amines is 1. The molecule has 1 saturated carbocycles. The number of carbonyl (C=O) groups excluding carboxylic acids is 1. The van der Waals surface area contributed by atoms with E-state index in [2.05, 4.69) is 20.3 Å². The second kappa shape index (κ2) is 9.71. The van der Waals surface area contributed by atoms with Gasteiger partial charge in [0.2, 0.25) is 5.88 Å². The molecular weight excluding hydrogens is 501 g/mol. The monoisotopic (exact) mass is 525 g/mol. The van der Waals surface area contributed by atoms with Gasteiger partial charge in [0.1, 0.15) is 17.0 Å². The molecule has 1 aromatic carbocycles. The summed E-state index contributed by atoms with van der Waals surface area (Å²) in [4.78, 5) is 38.2. The molecule has 0 bridgehead atoms. The van der Waals surface area contributed by atoms with Crippen LogP contribution in [0.15, 0.2) is 71.9 Å². The Kier molecular flexibility index (Phi) is 6.07. The van der Waals surface area contributed by atoms with E-state index in [0.29, 0.717) is 28.4 Å². The summed E-state index contributed by atoms with van der Waals surface area (Å²) in [5.41, 5.74) is 2.46. The molecule has 1 aliphatic carbocycles. The van der Waals surface area contributed by atoms with Crippen molar-refractivity contribution < 1.29 is 18.7 Å². The van der Waals surface area contributed by atoms with Crippen LogP contribution in [-0.2, 0) is 0 Å². The summed E-state index contributed by atoms with van der Waals surface area (Å²) < 4.78 is 27.5. The van der Waals surface area contributed by atoms with Gasteiger partial charge in [-0.1, -0.05) is 0 Å². The highest BCUT2D eigenvalue weighted by molar-refractivity contribution is 6.04. The number of pyridine rings is 3. The average Bonchev–Trinajstić information content (AvgIpc) is 3.66. The Hall–Kier alpha value is -4.99. The Morgan fingerprint density at radius 1 is 1.10 bits per heavy atom. The predicted octanol–water partition coefficient (Wildman–Crippen LogP) is 5.49. The topological polar surface area (TPSA) is 111 Å². The molecule has 4 aromatic heterocycles. The van der Waals surface area contributed by atoms with Gasteiger partial charge in [-0.25, -0.2) is 14.4 Å². The van der Waals surface area contributed by atoms with Gasteiger partial charge in [0.15, 0.2) is 11.6 Å². The molecule has 0 radical (unpaired) electrons. The molecule has 196 valence electrons. The van der Waals surface area contributed by atoms with E-state index in [9.17, 15) is 14.0 Å². The van der Waals surface area contributed by atoms with E-state index in [1.54, 1.807) is 47.4 Å². The molecule has 2 N–H and O–H groups in total. The molecule has 39 heavy (non-hydrogen) atoms. The number of nitrogens with one attached hydrogen (secondary N) is 2. The number of fused-ring (bicyclic) bond motifs is 1. The van der Waals surface area contributed by atoms with Crippen LogP contribution >= 0.6 is 0 Å². The van der Waals surface area contributed by atoms with Crippen LogP contribution < -0.4 is 20.3 Å². The lowest BCUT2D eigenvalue weighted by molar-refractivity contribution is 0.102. The third-order valence-electron chi connectivity index (χ3n) is 6.69. The number of rotatable bonds is 7. The Morgan fingerprint density at radius 3 is 2.69 bits per heavy atom. The first-order valence-corrected chi connectivity index (χ1v) is 12.4. The van der Waals surface area contributed by atoms with Gasteiger partial charge >= 0.3 is 0 Å². The zero-order chi connectivity index (χ0) is 27.1. The van der Waals surface area contributed by atoms with Crippen LogP contribution in [0.1, 0.15) is 40.4 Å². The quantitative estimate of drug-likeness (QED) is 0.291. The number of amides is 1. The van der Waals surface area contributed by atoms with E-state index in [0.717, 1.165) is 30.2 Å². The predicted molar refractivity (Wildman–Crippen MR) is 144 cm³/mol. The number of carbonyl (C=O) groups is 1. The summed E-state index contributed by atoms with van der Waals surface area (Å²) in [6.45, 7) is 1.86. The van der Waals surface area contributed by atoms with Gasteiger partial charge in [-0.3, -0.25) is 14.2 Å². The number of hydrogen-bond acceptors (Lipinski definition) is 6. The normalized spacial score (nSPS) is 12.9. The lowest BCUT2D eigenvalue weighted by atomic mass is 10.1. The molecule has 0 saturated heterocycles. The zero-order valence-electron chi connectivity index (χ0n) is 21.2. The molecule has 1 amide bonds. The van der Waals surface area contributed by atoms with Gasteiger partial charge < -0.3 is 19.8 Å². The van der Waals surface area contributed by atoms with Crippen LogP contribution in [0.4, 0.5) is 10.1 Å². The molecule has 4 heterocycles. The van der Waals surface area contributed by atoms with E-state index in [1.165, 1.54) is 25.3 Å². The number of anilines is 1.